The number of carbonyl (C=O) groups excluding carboxylic acids is 2. The van der Waals surface area contributed by atoms with Crippen molar-refractivity contribution in [3.05, 3.63) is 71.6 Å². The quantitative estimate of drug-likeness (QED) is 0.810. The molecule has 5 heteroatoms. The molecule has 128 valence electrons. The van der Waals surface area contributed by atoms with Crippen LogP contribution >= 0.6 is 0 Å². The number of carbonyl (C=O) groups is 2. The summed E-state index contributed by atoms with van der Waals surface area (Å²) in [6.07, 6.45) is 5.12. The number of nitrogens with zero attached hydrogens (tertiary/aromatic N) is 3. The Morgan fingerprint density at radius 1 is 0.960 bits per heavy atom. The van der Waals surface area contributed by atoms with E-state index < -0.39 is 0 Å². The number of benzene rings is 1. The largest absolute Gasteiger partial charge is 0.335 e. The van der Waals surface area contributed by atoms with Gasteiger partial charge in [-0.2, -0.15) is 0 Å². The van der Waals surface area contributed by atoms with Gasteiger partial charge in [0, 0.05) is 44.1 Å². The Morgan fingerprint density at radius 2 is 1.64 bits per heavy atom. The van der Waals surface area contributed by atoms with Crippen molar-refractivity contribution in [2.24, 2.45) is 0 Å². The Morgan fingerprint density at radius 3 is 2.28 bits per heavy atom. The lowest BCUT2D eigenvalue weighted by Gasteiger charge is -2.35. The normalized spacial score (nSPS) is 15.2. The summed E-state index contributed by atoms with van der Waals surface area (Å²) in [5.41, 5.74) is 2.31. The molecule has 1 aliphatic rings. The van der Waals surface area contributed by atoms with E-state index in [4.69, 9.17) is 0 Å². The molecule has 0 bridgehead atoms. The topological polar surface area (TPSA) is 53.5 Å². The smallest absolute Gasteiger partial charge is 0.255 e. The summed E-state index contributed by atoms with van der Waals surface area (Å²) in [6, 6.07) is 13.3. The number of rotatable bonds is 3. The molecule has 2 amide bonds. The van der Waals surface area contributed by atoms with Gasteiger partial charge in [-0.1, -0.05) is 30.3 Å². The van der Waals surface area contributed by atoms with Gasteiger partial charge >= 0.3 is 0 Å². The van der Waals surface area contributed by atoms with Crippen LogP contribution < -0.4 is 0 Å². The van der Waals surface area contributed by atoms with Gasteiger partial charge in [0.25, 0.3) is 5.91 Å². The highest BCUT2D eigenvalue weighted by atomic mass is 16.2. The van der Waals surface area contributed by atoms with Crippen LogP contribution in [0.15, 0.2) is 60.4 Å². The molecule has 0 atom stereocenters. The standard InChI is InChI=1S/C20H21N3O2/c1-16(14-17-6-3-2-4-7-17)19(24)22-10-12-23(13-11-22)20(25)18-8-5-9-21-15-18/h2-9,14-15H,10-13H2,1H3. The highest BCUT2D eigenvalue weighted by molar-refractivity contribution is 5.98. The van der Waals surface area contributed by atoms with Crippen molar-refractivity contribution in [2.45, 2.75) is 6.92 Å². The van der Waals surface area contributed by atoms with Gasteiger partial charge in [-0.05, 0) is 30.7 Å². The fraction of sp³-hybridized carbons (Fsp3) is 0.250. The molecule has 5 nitrogen and oxygen atoms in total. The molecule has 0 unspecified atom stereocenters. The highest BCUT2D eigenvalue weighted by Crippen LogP contribution is 2.13. The molecule has 1 aromatic heterocycles. The van der Waals surface area contributed by atoms with Gasteiger partial charge in [0.05, 0.1) is 5.56 Å². The SMILES string of the molecule is CC(=Cc1ccccc1)C(=O)N1CCN(C(=O)c2cccnc2)CC1. The minimum Gasteiger partial charge on any atom is -0.335 e. The molecule has 0 radical (unpaired) electrons. The summed E-state index contributed by atoms with van der Waals surface area (Å²) < 4.78 is 0. The van der Waals surface area contributed by atoms with Gasteiger partial charge in [-0.25, -0.2) is 0 Å². The molecule has 1 aliphatic heterocycles. The van der Waals surface area contributed by atoms with Crippen molar-refractivity contribution >= 4 is 17.9 Å². The second-order valence-electron chi connectivity index (χ2n) is 6.06. The van der Waals surface area contributed by atoms with Crippen LogP contribution in [0, 0.1) is 0 Å². The van der Waals surface area contributed by atoms with Gasteiger partial charge in [0.15, 0.2) is 0 Å². The van der Waals surface area contributed by atoms with Gasteiger partial charge in [-0.3, -0.25) is 14.6 Å². The fourth-order valence-electron chi connectivity index (χ4n) is 2.89. The van der Waals surface area contributed by atoms with Crippen molar-refractivity contribution < 1.29 is 9.59 Å². The van der Waals surface area contributed by atoms with E-state index in [0.29, 0.717) is 37.3 Å². The molecular formula is C20H21N3O2. The third kappa shape index (κ3) is 4.12. The van der Waals surface area contributed by atoms with Gasteiger partial charge in [0.2, 0.25) is 5.91 Å². The predicted molar refractivity (Wildman–Crippen MR) is 96.8 cm³/mol. The monoisotopic (exact) mass is 335 g/mol. The number of piperazine rings is 1. The van der Waals surface area contributed by atoms with E-state index in [1.165, 1.54) is 0 Å². The van der Waals surface area contributed by atoms with E-state index in [1.54, 1.807) is 29.4 Å². The molecule has 25 heavy (non-hydrogen) atoms. The maximum Gasteiger partial charge on any atom is 0.255 e. The minimum atomic E-state index is -0.0308. The van der Waals surface area contributed by atoms with Crippen LogP contribution in [0.4, 0.5) is 0 Å². The molecule has 1 saturated heterocycles. The third-order valence-corrected chi connectivity index (χ3v) is 4.28. The minimum absolute atomic E-state index is 0.0253. The van der Waals surface area contributed by atoms with Crippen molar-refractivity contribution in [1.29, 1.82) is 0 Å². The molecule has 1 aromatic carbocycles. The second-order valence-corrected chi connectivity index (χ2v) is 6.06. The maximum absolute atomic E-state index is 12.6. The first-order valence-electron chi connectivity index (χ1n) is 8.37. The third-order valence-electron chi connectivity index (χ3n) is 4.28. The Bertz CT molecular complexity index is 764. The Kier molecular flexibility index (Phi) is 5.23. The van der Waals surface area contributed by atoms with E-state index in [2.05, 4.69) is 4.98 Å². The molecule has 0 aliphatic carbocycles. The highest BCUT2D eigenvalue weighted by Gasteiger charge is 2.25. The first kappa shape index (κ1) is 16.9. The molecule has 0 N–H and O–H groups in total. The van der Waals surface area contributed by atoms with Gasteiger partial charge in [-0.15, -0.1) is 0 Å². The van der Waals surface area contributed by atoms with Crippen LogP contribution in [0.3, 0.4) is 0 Å². The van der Waals surface area contributed by atoms with Crippen molar-refractivity contribution in [3.63, 3.8) is 0 Å². The summed E-state index contributed by atoms with van der Waals surface area (Å²) in [7, 11) is 0. The van der Waals surface area contributed by atoms with E-state index in [0.717, 1.165) is 5.56 Å². The average Bonchev–Trinajstić information content (AvgIpc) is 2.68. The first-order valence-corrected chi connectivity index (χ1v) is 8.37. The van der Waals surface area contributed by atoms with Gasteiger partial charge < -0.3 is 9.80 Å². The lowest BCUT2D eigenvalue weighted by Crippen LogP contribution is -2.50. The molecule has 3 rings (SSSR count). The lowest BCUT2D eigenvalue weighted by atomic mass is 10.1. The molecule has 1 fully saturated rings. The van der Waals surface area contributed by atoms with E-state index in [9.17, 15) is 9.59 Å². The van der Waals surface area contributed by atoms with Crippen LogP contribution in [-0.2, 0) is 4.79 Å². The summed E-state index contributed by atoms with van der Waals surface area (Å²) in [6.45, 7) is 4.01. The Hall–Kier alpha value is -2.95. The van der Waals surface area contributed by atoms with Crippen LogP contribution in [0.5, 0.6) is 0 Å². The number of pyridine rings is 1. The summed E-state index contributed by atoms with van der Waals surface area (Å²) in [5, 5.41) is 0. The van der Waals surface area contributed by atoms with Crippen molar-refractivity contribution in [1.82, 2.24) is 14.8 Å². The lowest BCUT2D eigenvalue weighted by molar-refractivity contribution is -0.128. The fourth-order valence-corrected chi connectivity index (χ4v) is 2.89. The number of aromatic nitrogens is 1. The number of hydrogen-bond acceptors (Lipinski definition) is 3. The second kappa shape index (κ2) is 7.75. The maximum atomic E-state index is 12.6. The van der Waals surface area contributed by atoms with Crippen molar-refractivity contribution in [3.8, 4) is 0 Å². The molecular weight excluding hydrogens is 314 g/mol. The molecule has 0 spiro atoms. The number of hydrogen-bond donors (Lipinski definition) is 0. The molecule has 0 saturated carbocycles. The Labute approximate surface area is 147 Å². The summed E-state index contributed by atoms with van der Waals surface area (Å²) >= 11 is 0. The number of amides is 2. The zero-order valence-corrected chi connectivity index (χ0v) is 14.3. The van der Waals surface area contributed by atoms with E-state index >= 15 is 0 Å². The molecule has 2 aromatic rings. The predicted octanol–water partition coefficient (Wildman–Crippen LogP) is 2.47. The summed E-state index contributed by atoms with van der Waals surface area (Å²) in [5.74, 6) is -0.00548. The average molecular weight is 335 g/mol. The Balaban J connectivity index is 1.59. The zero-order chi connectivity index (χ0) is 17.6. The van der Waals surface area contributed by atoms with Crippen LogP contribution in [0.25, 0.3) is 6.08 Å². The van der Waals surface area contributed by atoms with Crippen LogP contribution in [0.2, 0.25) is 0 Å². The van der Waals surface area contributed by atoms with Crippen LogP contribution in [0.1, 0.15) is 22.8 Å². The zero-order valence-electron chi connectivity index (χ0n) is 14.3. The summed E-state index contributed by atoms with van der Waals surface area (Å²) in [4.78, 5) is 32.6. The van der Waals surface area contributed by atoms with Gasteiger partial charge in [0.1, 0.15) is 0 Å². The van der Waals surface area contributed by atoms with Crippen LogP contribution in [-0.4, -0.2) is 52.8 Å². The first-order chi connectivity index (χ1) is 12.1. The van der Waals surface area contributed by atoms with E-state index in [1.807, 2.05) is 48.2 Å². The molecule has 2 heterocycles. The van der Waals surface area contributed by atoms with E-state index in [-0.39, 0.29) is 11.8 Å². The van der Waals surface area contributed by atoms with Crippen molar-refractivity contribution in [2.75, 3.05) is 26.2 Å².